The first-order chi connectivity index (χ1) is 12.9. The van der Waals surface area contributed by atoms with Crippen LogP contribution in [0.4, 0.5) is 5.82 Å². The summed E-state index contributed by atoms with van der Waals surface area (Å²) in [5.74, 6) is -0.0876. The SMILES string of the molecule is CSCC[C@@H](NC[C@H]1O[C@H](n2cnc3c(N)ncnc32)[C@H](O)[C@@H]1O)C(=O)O. The fraction of sp³-hybridized carbons (Fsp3) is 0.600. The summed E-state index contributed by atoms with van der Waals surface area (Å²) in [4.78, 5) is 23.4. The molecule has 1 aliphatic rings. The number of aliphatic carboxylic acids is 1. The summed E-state index contributed by atoms with van der Waals surface area (Å²) in [6.07, 6.45) is 0.858. The van der Waals surface area contributed by atoms with E-state index in [2.05, 4.69) is 20.3 Å². The lowest BCUT2D eigenvalue weighted by molar-refractivity contribution is -0.139. The van der Waals surface area contributed by atoms with Gasteiger partial charge in [0.1, 0.15) is 36.2 Å². The van der Waals surface area contributed by atoms with Crippen LogP contribution in [-0.2, 0) is 9.53 Å². The van der Waals surface area contributed by atoms with Crippen LogP contribution in [-0.4, -0.2) is 83.7 Å². The van der Waals surface area contributed by atoms with E-state index in [1.807, 2.05) is 6.26 Å². The lowest BCUT2D eigenvalue weighted by Gasteiger charge is -2.19. The van der Waals surface area contributed by atoms with Gasteiger partial charge >= 0.3 is 5.97 Å². The second-order valence-corrected chi connectivity index (χ2v) is 7.20. The van der Waals surface area contributed by atoms with E-state index in [9.17, 15) is 20.1 Å². The second-order valence-electron chi connectivity index (χ2n) is 6.21. The number of carboxylic acid groups (broad SMARTS) is 1. The van der Waals surface area contributed by atoms with E-state index in [0.717, 1.165) is 0 Å². The van der Waals surface area contributed by atoms with E-state index in [0.29, 0.717) is 23.3 Å². The Morgan fingerprint density at radius 1 is 1.41 bits per heavy atom. The van der Waals surface area contributed by atoms with E-state index in [1.165, 1.54) is 17.2 Å². The molecule has 0 aromatic carbocycles. The molecular weight excluding hydrogens is 376 g/mol. The summed E-state index contributed by atoms with van der Waals surface area (Å²) in [6, 6.07) is -0.758. The average molecular weight is 398 g/mol. The molecule has 0 spiro atoms. The maximum Gasteiger partial charge on any atom is 0.320 e. The van der Waals surface area contributed by atoms with Crippen molar-refractivity contribution in [1.29, 1.82) is 0 Å². The number of aliphatic hydroxyl groups excluding tert-OH is 2. The first kappa shape index (κ1) is 19.8. The van der Waals surface area contributed by atoms with Gasteiger partial charge in [0.15, 0.2) is 17.7 Å². The fourth-order valence-electron chi connectivity index (χ4n) is 2.99. The lowest BCUT2D eigenvalue weighted by atomic mass is 10.1. The Morgan fingerprint density at radius 2 is 2.19 bits per heavy atom. The van der Waals surface area contributed by atoms with E-state index < -0.39 is 36.6 Å². The molecule has 3 heterocycles. The van der Waals surface area contributed by atoms with Crippen LogP contribution in [0.15, 0.2) is 12.7 Å². The number of nitrogens with two attached hydrogens (primary N) is 1. The number of nitrogens with one attached hydrogen (secondary N) is 1. The van der Waals surface area contributed by atoms with Crippen molar-refractivity contribution in [3.8, 4) is 0 Å². The number of anilines is 1. The van der Waals surface area contributed by atoms with Crippen molar-refractivity contribution in [2.45, 2.75) is 37.0 Å². The number of hydrogen-bond donors (Lipinski definition) is 5. The molecule has 12 heteroatoms. The van der Waals surface area contributed by atoms with Gasteiger partial charge in [0.05, 0.1) is 6.33 Å². The Kier molecular flexibility index (Phi) is 6.11. The van der Waals surface area contributed by atoms with Gasteiger partial charge < -0.3 is 31.1 Å². The normalized spacial score (nSPS) is 26.5. The van der Waals surface area contributed by atoms with Crippen LogP contribution in [0.5, 0.6) is 0 Å². The molecule has 1 fully saturated rings. The standard InChI is InChI=1S/C15H22N6O5S/c1-27-3-2-7(15(24)25)17-4-8-10(22)11(23)14(26-8)21-6-20-9-12(16)18-5-19-13(9)21/h5-8,10-11,14,17,22-23H,2-4H2,1H3,(H,24,25)(H2,16,18,19)/t7-,8-,10-,11-,14+/m1/s1. The van der Waals surface area contributed by atoms with Crippen molar-refractivity contribution in [2.24, 2.45) is 0 Å². The molecule has 0 unspecified atom stereocenters. The molecule has 11 nitrogen and oxygen atoms in total. The predicted molar refractivity (Wildman–Crippen MR) is 98.1 cm³/mol. The molecule has 1 aliphatic heterocycles. The Balaban J connectivity index is 1.71. The smallest absolute Gasteiger partial charge is 0.320 e. The minimum Gasteiger partial charge on any atom is -0.480 e. The monoisotopic (exact) mass is 398 g/mol. The number of nitrogens with zero attached hydrogens (tertiary/aromatic N) is 4. The molecule has 148 valence electrons. The number of nitrogen functional groups attached to an aromatic ring is 1. The molecule has 2 aromatic rings. The van der Waals surface area contributed by atoms with Gasteiger partial charge in [0.25, 0.3) is 0 Å². The highest BCUT2D eigenvalue weighted by molar-refractivity contribution is 7.98. The molecule has 3 rings (SSSR count). The number of carbonyl (C=O) groups is 1. The quantitative estimate of drug-likeness (QED) is 0.363. The Bertz CT molecular complexity index is 804. The van der Waals surface area contributed by atoms with Gasteiger partial charge in [-0.25, -0.2) is 15.0 Å². The zero-order chi connectivity index (χ0) is 19.6. The summed E-state index contributed by atoms with van der Waals surface area (Å²) in [5.41, 5.74) is 6.50. The van der Waals surface area contributed by atoms with Crippen LogP contribution in [0.2, 0.25) is 0 Å². The van der Waals surface area contributed by atoms with Crippen LogP contribution in [0.3, 0.4) is 0 Å². The molecule has 27 heavy (non-hydrogen) atoms. The molecule has 1 saturated heterocycles. The van der Waals surface area contributed by atoms with Gasteiger partial charge in [0.2, 0.25) is 0 Å². The van der Waals surface area contributed by atoms with Crippen molar-refractivity contribution in [3.05, 3.63) is 12.7 Å². The third-order valence-corrected chi connectivity index (χ3v) is 5.12. The molecule has 2 aromatic heterocycles. The maximum absolute atomic E-state index is 11.3. The highest BCUT2D eigenvalue weighted by Gasteiger charge is 2.44. The number of hydrogen-bond acceptors (Lipinski definition) is 10. The number of aliphatic hydroxyl groups is 2. The molecule has 6 N–H and O–H groups in total. The molecule has 0 amide bonds. The van der Waals surface area contributed by atoms with E-state index in [4.69, 9.17) is 10.5 Å². The van der Waals surface area contributed by atoms with E-state index >= 15 is 0 Å². The molecule has 0 aliphatic carbocycles. The van der Waals surface area contributed by atoms with Crippen LogP contribution < -0.4 is 11.1 Å². The van der Waals surface area contributed by atoms with Gasteiger partial charge in [-0.2, -0.15) is 11.8 Å². The predicted octanol–water partition coefficient (Wildman–Crippen LogP) is -1.18. The zero-order valence-electron chi connectivity index (χ0n) is 14.6. The van der Waals surface area contributed by atoms with Gasteiger partial charge in [-0.05, 0) is 18.4 Å². The van der Waals surface area contributed by atoms with Gasteiger partial charge in [-0.3, -0.25) is 9.36 Å². The summed E-state index contributed by atoms with van der Waals surface area (Å²) in [7, 11) is 0. The Labute approximate surface area is 159 Å². The Morgan fingerprint density at radius 3 is 2.89 bits per heavy atom. The van der Waals surface area contributed by atoms with Crippen LogP contribution in [0.1, 0.15) is 12.6 Å². The number of aromatic nitrogens is 4. The second kappa shape index (κ2) is 8.35. The fourth-order valence-corrected chi connectivity index (χ4v) is 3.46. The van der Waals surface area contributed by atoms with Crippen molar-refractivity contribution >= 4 is 34.7 Å². The Hall–Kier alpha value is -1.99. The van der Waals surface area contributed by atoms with Crippen molar-refractivity contribution < 1.29 is 24.9 Å². The highest BCUT2D eigenvalue weighted by Crippen LogP contribution is 2.31. The minimum atomic E-state index is -1.24. The number of thioether (sulfide) groups is 1. The van der Waals surface area contributed by atoms with Crippen LogP contribution in [0.25, 0.3) is 11.2 Å². The molecule has 0 saturated carbocycles. The summed E-state index contributed by atoms with van der Waals surface area (Å²) in [5, 5.41) is 32.9. The topological polar surface area (TPSA) is 169 Å². The molecule has 0 radical (unpaired) electrons. The lowest BCUT2D eigenvalue weighted by Crippen LogP contribution is -2.44. The first-order valence-electron chi connectivity index (χ1n) is 8.33. The van der Waals surface area contributed by atoms with Gasteiger partial charge in [-0.15, -0.1) is 0 Å². The zero-order valence-corrected chi connectivity index (χ0v) is 15.4. The minimum absolute atomic E-state index is 0.0732. The molecule has 5 atom stereocenters. The van der Waals surface area contributed by atoms with Crippen LogP contribution in [0, 0.1) is 0 Å². The number of rotatable bonds is 8. The maximum atomic E-state index is 11.3. The van der Waals surface area contributed by atoms with E-state index in [-0.39, 0.29) is 12.4 Å². The summed E-state index contributed by atoms with van der Waals surface area (Å²) < 4.78 is 7.25. The third kappa shape index (κ3) is 3.99. The first-order valence-corrected chi connectivity index (χ1v) is 9.73. The van der Waals surface area contributed by atoms with Crippen molar-refractivity contribution in [3.63, 3.8) is 0 Å². The third-order valence-electron chi connectivity index (χ3n) is 4.47. The molecular formula is C15H22N6O5S. The summed E-state index contributed by atoms with van der Waals surface area (Å²) in [6.45, 7) is 0.0732. The van der Waals surface area contributed by atoms with Gasteiger partial charge in [-0.1, -0.05) is 0 Å². The number of imidazole rings is 1. The summed E-state index contributed by atoms with van der Waals surface area (Å²) >= 11 is 1.55. The number of carboxylic acids is 1. The van der Waals surface area contributed by atoms with Gasteiger partial charge in [0, 0.05) is 6.54 Å². The highest BCUT2D eigenvalue weighted by atomic mass is 32.2. The van der Waals surface area contributed by atoms with E-state index in [1.54, 1.807) is 11.8 Å². The number of ether oxygens (including phenoxy) is 1. The van der Waals surface area contributed by atoms with Crippen molar-refractivity contribution in [2.75, 3.05) is 24.3 Å². The number of fused-ring (bicyclic) bond motifs is 1. The van der Waals surface area contributed by atoms with Crippen molar-refractivity contribution in [1.82, 2.24) is 24.8 Å². The van der Waals surface area contributed by atoms with Crippen LogP contribution >= 0.6 is 11.8 Å². The largest absolute Gasteiger partial charge is 0.480 e. The average Bonchev–Trinajstić information content (AvgIpc) is 3.18. The molecule has 0 bridgehead atoms.